The first-order valence-corrected chi connectivity index (χ1v) is 19.3. The smallest absolute Gasteiger partial charge is 0.343 e. The van der Waals surface area contributed by atoms with Crippen LogP contribution in [0.15, 0.2) is 84.9 Å². The first-order valence-electron chi connectivity index (χ1n) is 19.3. The molecular weight excluding hydrogens is 889 g/mol. The summed E-state index contributed by atoms with van der Waals surface area (Å²) in [7, 11) is 0. The van der Waals surface area contributed by atoms with E-state index in [4.69, 9.17) is 56.2 Å². The van der Waals surface area contributed by atoms with E-state index in [-0.39, 0.29) is 83.6 Å². The standard InChI is InChI=1S/C42H42N8O17/c43-41(44)47-23-5-1-21(2-6-23)39(61)66-25-9-11-27(35(55)49-29(37(57)58)19-33(51)52)31(17-25)64-15-13-63-14-16-65-32-18-26(67-40(62)22-3-7-24(8-4-22)48-42(45)46)10-12-28(32)36(56)50-30(38(59)60)20-34(53)54/h1-12,17-18,29-30H,13-16,19-20H2,(H,49,55)(H,50,56)(H,51,52)(H,53,54)(H,57,58)(H,59,60)(H4,43,44,47)(H4,45,46,48)/t29-,30-/m0/s1. The van der Waals surface area contributed by atoms with E-state index in [1.165, 1.54) is 60.7 Å². The maximum Gasteiger partial charge on any atom is 0.343 e. The molecule has 0 unspecified atom stereocenters. The van der Waals surface area contributed by atoms with Gasteiger partial charge in [0.15, 0.2) is 11.9 Å². The Morgan fingerprint density at radius 1 is 0.522 bits per heavy atom. The molecule has 25 nitrogen and oxygen atoms in total. The molecule has 4 aromatic rings. The van der Waals surface area contributed by atoms with E-state index < -0.39 is 72.6 Å². The Kier molecular flexibility index (Phi) is 18.0. The highest BCUT2D eigenvalue weighted by atomic mass is 16.6. The third-order valence-electron chi connectivity index (χ3n) is 8.55. The van der Waals surface area contributed by atoms with E-state index in [9.17, 15) is 48.6 Å². The third-order valence-corrected chi connectivity index (χ3v) is 8.55. The predicted molar refractivity (Wildman–Crippen MR) is 231 cm³/mol. The minimum absolute atomic E-state index is 0.0848. The molecule has 2 amide bonds. The van der Waals surface area contributed by atoms with Gasteiger partial charge in [-0.3, -0.25) is 30.0 Å². The number of carbonyl (C=O) groups excluding carboxylic acids is 4. The van der Waals surface area contributed by atoms with Crippen LogP contribution in [0.1, 0.15) is 54.3 Å². The summed E-state index contributed by atoms with van der Waals surface area (Å²) in [4.78, 5) is 98.0. The number of aliphatic carboxylic acids is 4. The van der Waals surface area contributed by atoms with Gasteiger partial charge in [0.05, 0.1) is 48.3 Å². The van der Waals surface area contributed by atoms with Gasteiger partial charge in [-0.2, -0.15) is 0 Å². The van der Waals surface area contributed by atoms with Crippen molar-refractivity contribution in [2.75, 3.05) is 37.1 Å². The SMILES string of the molecule is N=C(N)Nc1ccc(C(=O)Oc2ccc(C(=O)N[C@@H](CC(=O)O)C(=O)O)c(OCCOCCOc3cc(OC(=O)c4ccc(NC(=N)N)cc4)ccc3C(=O)N[C@@H](CC(=O)O)C(=O)O)c2)cc1. The highest BCUT2D eigenvalue weighted by molar-refractivity contribution is 6.01. The summed E-state index contributed by atoms with van der Waals surface area (Å²) < 4.78 is 27.9. The topological polar surface area (TPSA) is 411 Å². The van der Waals surface area contributed by atoms with Crippen molar-refractivity contribution in [2.45, 2.75) is 24.9 Å². The highest BCUT2D eigenvalue weighted by Gasteiger charge is 2.27. The molecule has 0 heterocycles. The molecule has 25 heteroatoms. The molecule has 0 saturated heterocycles. The van der Waals surface area contributed by atoms with E-state index in [1.54, 1.807) is 0 Å². The second kappa shape index (κ2) is 24.0. The number of nitrogens with two attached hydrogens (primary N) is 2. The Morgan fingerprint density at radius 2 is 0.881 bits per heavy atom. The van der Waals surface area contributed by atoms with Crippen LogP contribution in [-0.4, -0.2) is 118 Å². The number of guanidine groups is 2. The second-order valence-corrected chi connectivity index (χ2v) is 13.6. The Labute approximate surface area is 377 Å². The summed E-state index contributed by atoms with van der Waals surface area (Å²) in [6, 6.07) is 14.8. The zero-order chi connectivity index (χ0) is 49.2. The Bertz CT molecular complexity index is 2360. The number of esters is 2. The number of nitrogens with one attached hydrogen (secondary N) is 6. The number of carboxylic acid groups (broad SMARTS) is 4. The summed E-state index contributed by atoms with van der Waals surface area (Å²) in [6.07, 6.45) is -1.90. The van der Waals surface area contributed by atoms with Crippen molar-refractivity contribution < 1.29 is 82.5 Å². The molecular formula is C42H42N8O17. The lowest BCUT2D eigenvalue weighted by Gasteiger charge is -2.17. The average molecular weight is 931 g/mol. The molecule has 67 heavy (non-hydrogen) atoms. The molecule has 352 valence electrons. The fourth-order valence-electron chi connectivity index (χ4n) is 5.51. The van der Waals surface area contributed by atoms with Gasteiger partial charge >= 0.3 is 35.8 Å². The summed E-state index contributed by atoms with van der Waals surface area (Å²) in [5, 5.41) is 61.1. The average Bonchev–Trinajstić information content (AvgIpc) is 3.25. The van der Waals surface area contributed by atoms with Crippen LogP contribution >= 0.6 is 0 Å². The predicted octanol–water partition coefficient (Wildman–Crippen LogP) is 1.53. The van der Waals surface area contributed by atoms with Crippen molar-refractivity contribution in [1.29, 1.82) is 10.8 Å². The van der Waals surface area contributed by atoms with Gasteiger partial charge in [0.1, 0.15) is 48.3 Å². The number of hydrogen-bond donors (Lipinski definition) is 12. The number of ether oxygens (including phenoxy) is 5. The Hall–Kier alpha value is -9.26. The number of amides is 2. The lowest BCUT2D eigenvalue weighted by molar-refractivity contribution is -0.145. The Morgan fingerprint density at radius 3 is 1.19 bits per heavy atom. The first kappa shape index (κ1) is 50.4. The van der Waals surface area contributed by atoms with E-state index in [0.717, 1.165) is 24.3 Å². The normalized spacial score (nSPS) is 11.3. The van der Waals surface area contributed by atoms with Crippen LogP contribution in [0.2, 0.25) is 0 Å². The summed E-state index contributed by atoms with van der Waals surface area (Å²) in [5.41, 5.74) is 11.1. The van der Waals surface area contributed by atoms with Crippen LogP contribution < -0.4 is 51.7 Å². The van der Waals surface area contributed by atoms with Gasteiger partial charge in [-0.15, -0.1) is 0 Å². The van der Waals surface area contributed by atoms with Gasteiger partial charge in [0.25, 0.3) is 11.8 Å². The monoisotopic (exact) mass is 930 g/mol. The van der Waals surface area contributed by atoms with Gasteiger partial charge < -0.3 is 76.8 Å². The molecule has 0 aliphatic heterocycles. The van der Waals surface area contributed by atoms with Gasteiger partial charge in [-0.05, 0) is 72.8 Å². The second-order valence-electron chi connectivity index (χ2n) is 13.6. The quantitative estimate of drug-likeness (QED) is 0.0156. The van der Waals surface area contributed by atoms with Crippen LogP contribution in [0.3, 0.4) is 0 Å². The molecule has 2 atom stereocenters. The van der Waals surface area contributed by atoms with E-state index >= 15 is 0 Å². The van der Waals surface area contributed by atoms with Crippen molar-refractivity contribution in [3.8, 4) is 23.0 Å². The van der Waals surface area contributed by atoms with Crippen molar-refractivity contribution >= 4 is 70.9 Å². The van der Waals surface area contributed by atoms with E-state index in [1.807, 2.05) is 0 Å². The van der Waals surface area contributed by atoms with Crippen molar-refractivity contribution in [3.63, 3.8) is 0 Å². The lowest BCUT2D eigenvalue weighted by Crippen LogP contribution is -2.42. The Balaban J connectivity index is 1.46. The molecule has 4 aromatic carbocycles. The maximum atomic E-state index is 13.2. The lowest BCUT2D eigenvalue weighted by atomic mass is 10.1. The number of benzene rings is 4. The van der Waals surface area contributed by atoms with E-state index in [2.05, 4.69) is 21.3 Å². The number of hydrogen-bond acceptors (Lipinski definition) is 15. The molecule has 0 aromatic heterocycles. The van der Waals surface area contributed by atoms with Crippen LogP contribution in [0.5, 0.6) is 23.0 Å². The number of carbonyl (C=O) groups is 8. The maximum absolute atomic E-state index is 13.2. The van der Waals surface area contributed by atoms with Crippen molar-refractivity contribution in [1.82, 2.24) is 10.6 Å². The summed E-state index contributed by atoms with van der Waals surface area (Å²) in [6.45, 7) is -1.03. The number of rotatable bonds is 24. The van der Waals surface area contributed by atoms with Gasteiger partial charge in [-0.1, -0.05) is 0 Å². The fourth-order valence-corrected chi connectivity index (χ4v) is 5.51. The first-order chi connectivity index (χ1) is 31.8. The van der Waals surface area contributed by atoms with Crippen LogP contribution in [0, 0.1) is 10.8 Å². The molecule has 4 rings (SSSR count). The molecule has 0 aliphatic carbocycles. The van der Waals surface area contributed by atoms with Crippen LogP contribution in [-0.2, 0) is 23.9 Å². The number of anilines is 2. The minimum atomic E-state index is -1.82. The third kappa shape index (κ3) is 16.1. The van der Waals surface area contributed by atoms with Gasteiger partial charge in [-0.25, -0.2) is 19.2 Å². The fraction of sp³-hybridized carbons (Fsp3) is 0.190. The largest absolute Gasteiger partial charge is 0.490 e. The molecule has 0 radical (unpaired) electrons. The summed E-state index contributed by atoms with van der Waals surface area (Å²) >= 11 is 0. The highest BCUT2D eigenvalue weighted by Crippen LogP contribution is 2.28. The molecule has 0 aliphatic rings. The zero-order valence-electron chi connectivity index (χ0n) is 34.7. The van der Waals surface area contributed by atoms with Crippen LogP contribution in [0.4, 0.5) is 11.4 Å². The molecule has 0 bridgehead atoms. The zero-order valence-corrected chi connectivity index (χ0v) is 34.7. The van der Waals surface area contributed by atoms with Crippen LogP contribution in [0.25, 0.3) is 0 Å². The molecule has 0 spiro atoms. The summed E-state index contributed by atoms with van der Waals surface area (Å²) in [5.74, 6) is -11.4. The van der Waals surface area contributed by atoms with Crippen molar-refractivity contribution in [3.05, 3.63) is 107 Å². The van der Waals surface area contributed by atoms with Gasteiger partial charge in [0.2, 0.25) is 0 Å². The number of carboxylic acids is 4. The van der Waals surface area contributed by atoms with E-state index in [0.29, 0.717) is 11.4 Å². The molecule has 0 saturated carbocycles. The van der Waals surface area contributed by atoms with Gasteiger partial charge in [0, 0.05) is 23.5 Å². The van der Waals surface area contributed by atoms with Crippen molar-refractivity contribution in [2.24, 2.45) is 11.5 Å². The molecule has 0 fully saturated rings. The minimum Gasteiger partial charge on any atom is -0.490 e. The molecule has 14 N–H and O–H groups in total.